The molecule has 126 valence electrons. The van der Waals surface area contributed by atoms with Gasteiger partial charge in [-0.25, -0.2) is 4.98 Å². The average Bonchev–Trinajstić information content (AvgIpc) is 3.16. The zero-order valence-corrected chi connectivity index (χ0v) is 14.9. The number of nitrogens with zero attached hydrogens (tertiary/aromatic N) is 2. The quantitative estimate of drug-likeness (QED) is 0.878. The number of ether oxygens (including phenoxy) is 1. The van der Waals surface area contributed by atoms with Gasteiger partial charge in [0.1, 0.15) is 11.5 Å². The van der Waals surface area contributed by atoms with Gasteiger partial charge in [0.2, 0.25) is 0 Å². The van der Waals surface area contributed by atoms with Crippen LogP contribution in [0.4, 0.5) is 5.13 Å². The Labute approximate surface area is 141 Å². The highest BCUT2D eigenvalue weighted by Gasteiger charge is 2.25. The number of rotatable bonds is 6. The normalized spacial score (nSPS) is 17.6. The summed E-state index contributed by atoms with van der Waals surface area (Å²) in [7, 11) is 1.73. The number of methoxy groups -OCH3 is 1. The first-order valence-electron chi connectivity index (χ1n) is 8.14. The summed E-state index contributed by atoms with van der Waals surface area (Å²) < 4.78 is 11.1. The number of nitrogens with one attached hydrogen (secondary N) is 1. The molecule has 1 atom stereocenters. The van der Waals surface area contributed by atoms with Gasteiger partial charge in [0.05, 0.1) is 18.3 Å². The van der Waals surface area contributed by atoms with Crippen LogP contribution in [0.15, 0.2) is 21.9 Å². The summed E-state index contributed by atoms with van der Waals surface area (Å²) in [6.07, 6.45) is 2.22. The van der Waals surface area contributed by atoms with E-state index in [0.29, 0.717) is 12.6 Å². The van der Waals surface area contributed by atoms with Crippen molar-refractivity contribution >= 4 is 16.5 Å². The maximum atomic E-state index is 5.77. The van der Waals surface area contributed by atoms with E-state index >= 15 is 0 Å². The van der Waals surface area contributed by atoms with Gasteiger partial charge in [-0.1, -0.05) is 0 Å². The summed E-state index contributed by atoms with van der Waals surface area (Å²) in [4.78, 5) is 6.98. The molecule has 0 aliphatic carbocycles. The van der Waals surface area contributed by atoms with Gasteiger partial charge in [-0.15, -0.1) is 11.3 Å². The lowest BCUT2D eigenvalue weighted by atomic mass is 10.0. The molecule has 1 saturated heterocycles. The van der Waals surface area contributed by atoms with Crippen molar-refractivity contribution in [2.45, 2.75) is 38.8 Å². The lowest BCUT2D eigenvalue weighted by molar-refractivity contribution is 0.147. The fourth-order valence-electron chi connectivity index (χ4n) is 3.03. The second-order valence-electron chi connectivity index (χ2n) is 6.16. The first kappa shape index (κ1) is 16.5. The summed E-state index contributed by atoms with van der Waals surface area (Å²) in [6.45, 7) is 6.73. The van der Waals surface area contributed by atoms with Gasteiger partial charge in [-0.05, 0) is 38.8 Å². The summed E-state index contributed by atoms with van der Waals surface area (Å²) in [5, 5.41) is 6.97. The molecule has 0 amide bonds. The SMILES string of the molecule is COC[C@H](NC1CCN(c2nc(C)cs2)CC1)c1ccc(C)o1. The molecule has 1 aliphatic rings. The van der Waals surface area contributed by atoms with E-state index in [4.69, 9.17) is 9.15 Å². The Morgan fingerprint density at radius 2 is 2.17 bits per heavy atom. The molecule has 1 N–H and O–H groups in total. The molecule has 0 spiro atoms. The molecule has 5 nitrogen and oxygen atoms in total. The maximum absolute atomic E-state index is 5.77. The number of aromatic nitrogens is 1. The van der Waals surface area contributed by atoms with Crippen LogP contribution in [-0.2, 0) is 4.74 Å². The van der Waals surface area contributed by atoms with Gasteiger partial charge in [-0.3, -0.25) is 0 Å². The lowest BCUT2D eigenvalue weighted by Crippen LogP contribution is -2.44. The summed E-state index contributed by atoms with van der Waals surface area (Å²) in [6, 6.07) is 4.65. The zero-order valence-electron chi connectivity index (χ0n) is 14.0. The molecule has 0 radical (unpaired) electrons. The molecule has 23 heavy (non-hydrogen) atoms. The van der Waals surface area contributed by atoms with Crippen molar-refractivity contribution < 1.29 is 9.15 Å². The van der Waals surface area contributed by atoms with Crippen molar-refractivity contribution in [3.05, 3.63) is 34.7 Å². The van der Waals surface area contributed by atoms with Crippen LogP contribution in [0.25, 0.3) is 0 Å². The maximum Gasteiger partial charge on any atom is 0.185 e. The molecule has 3 heterocycles. The summed E-state index contributed by atoms with van der Waals surface area (Å²) in [5.74, 6) is 1.90. The van der Waals surface area contributed by atoms with Gasteiger partial charge in [0.25, 0.3) is 0 Å². The van der Waals surface area contributed by atoms with Gasteiger partial charge in [0, 0.05) is 31.6 Å². The lowest BCUT2D eigenvalue weighted by Gasteiger charge is -2.34. The van der Waals surface area contributed by atoms with Gasteiger partial charge in [0.15, 0.2) is 5.13 Å². The van der Waals surface area contributed by atoms with Crippen LogP contribution in [0.1, 0.15) is 36.1 Å². The van der Waals surface area contributed by atoms with Crippen LogP contribution < -0.4 is 10.2 Å². The Kier molecular flexibility index (Phi) is 5.35. The number of anilines is 1. The molecule has 2 aromatic heterocycles. The second kappa shape index (κ2) is 7.47. The monoisotopic (exact) mass is 335 g/mol. The van der Waals surface area contributed by atoms with E-state index in [1.54, 1.807) is 18.4 Å². The molecule has 1 aliphatic heterocycles. The second-order valence-corrected chi connectivity index (χ2v) is 6.99. The number of hydrogen-bond acceptors (Lipinski definition) is 6. The fraction of sp³-hybridized carbons (Fsp3) is 0.588. The standard InChI is InChI=1S/C17H25N3O2S/c1-12-11-23-17(18-12)20-8-6-14(7-9-20)19-15(10-21-3)16-5-4-13(2)22-16/h4-5,11,14-15,19H,6-10H2,1-3H3/t15-/m0/s1. The molecule has 0 unspecified atom stereocenters. The Morgan fingerprint density at radius 1 is 1.39 bits per heavy atom. The third-order valence-corrected chi connectivity index (χ3v) is 5.27. The van der Waals surface area contributed by atoms with E-state index in [1.165, 1.54) is 0 Å². The molecule has 3 rings (SSSR count). The topological polar surface area (TPSA) is 50.5 Å². The van der Waals surface area contributed by atoms with E-state index in [0.717, 1.165) is 48.3 Å². The van der Waals surface area contributed by atoms with Crippen molar-refractivity contribution in [2.24, 2.45) is 0 Å². The first-order valence-corrected chi connectivity index (χ1v) is 9.02. The highest BCUT2D eigenvalue weighted by atomic mass is 32.1. The van der Waals surface area contributed by atoms with E-state index in [9.17, 15) is 0 Å². The minimum absolute atomic E-state index is 0.118. The molecular formula is C17H25N3O2S. The predicted molar refractivity (Wildman–Crippen MR) is 93.3 cm³/mol. The fourth-order valence-corrected chi connectivity index (χ4v) is 3.89. The van der Waals surface area contributed by atoms with Crippen molar-refractivity contribution in [1.82, 2.24) is 10.3 Å². The van der Waals surface area contributed by atoms with Crippen LogP contribution >= 0.6 is 11.3 Å². The number of piperidine rings is 1. The Hall–Kier alpha value is -1.37. The number of aryl methyl sites for hydroxylation is 2. The molecule has 0 aromatic carbocycles. The van der Waals surface area contributed by atoms with Crippen LogP contribution in [0, 0.1) is 13.8 Å². The van der Waals surface area contributed by atoms with Crippen molar-refractivity contribution in [2.75, 3.05) is 31.7 Å². The van der Waals surface area contributed by atoms with E-state index < -0.39 is 0 Å². The van der Waals surface area contributed by atoms with Crippen LogP contribution in [0.3, 0.4) is 0 Å². The van der Waals surface area contributed by atoms with Crippen molar-refractivity contribution in [1.29, 1.82) is 0 Å². The van der Waals surface area contributed by atoms with Gasteiger partial charge in [-0.2, -0.15) is 0 Å². The zero-order chi connectivity index (χ0) is 16.2. The summed E-state index contributed by atoms with van der Waals surface area (Å²) >= 11 is 1.74. The van der Waals surface area contributed by atoms with Gasteiger partial charge >= 0.3 is 0 Å². The van der Waals surface area contributed by atoms with Crippen LogP contribution in [-0.4, -0.2) is 37.8 Å². The highest BCUT2D eigenvalue weighted by Crippen LogP contribution is 2.25. The Balaban J connectivity index is 1.56. The molecule has 0 saturated carbocycles. The number of thiazole rings is 1. The average molecular weight is 335 g/mol. The highest BCUT2D eigenvalue weighted by molar-refractivity contribution is 7.13. The third kappa shape index (κ3) is 4.13. The molecule has 2 aromatic rings. The largest absolute Gasteiger partial charge is 0.465 e. The third-order valence-electron chi connectivity index (χ3n) is 4.25. The molecule has 1 fully saturated rings. The minimum Gasteiger partial charge on any atom is -0.465 e. The smallest absolute Gasteiger partial charge is 0.185 e. The van der Waals surface area contributed by atoms with E-state index in [1.807, 2.05) is 19.1 Å². The molecular weight excluding hydrogens is 310 g/mol. The van der Waals surface area contributed by atoms with Crippen LogP contribution in [0.2, 0.25) is 0 Å². The van der Waals surface area contributed by atoms with E-state index in [-0.39, 0.29) is 6.04 Å². The molecule has 6 heteroatoms. The Morgan fingerprint density at radius 3 is 2.74 bits per heavy atom. The van der Waals surface area contributed by atoms with Crippen molar-refractivity contribution in [3.63, 3.8) is 0 Å². The van der Waals surface area contributed by atoms with Crippen LogP contribution in [0.5, 0.6) is 0 Å². The number of furan rings is 1. The Bertz CT molecular complexity index is 617. The first-order chi connectivity index (χ1) is 11.2. The van der Waals surface area contributed by atoms with Crippen molar-refractivity contribution in [3.8, 4) is 0 Å². The number of hydrogen-bond donors (Lipinski definition) is 1. The summed E-state index contributed by atoms with van der Waals surface area (Å²) in [5.41, 5.74) is 1.11. The molecule has 0 bridgehead atoms. The minimum atomic E-state index is 0.118. The van der Waals surface area contributed by atoms with Gasteiger partial charge < -0.3 is 19.4 Å². The predicted octanol–water partition coefficient (Wildman–Crippen LogP) is 3.30. The van der Waals surface area contributed by atoms with E-state index in [2.05, 4.69) is 27.5 Å².